The lowest BCUT2D eigenvalue weighted by Crippen LogP contribution is -2.46. The van der Waals surface area contributed by atoms with Gasteiger partial charge in [0.05, 0.1) is 11.7 Å². The number of aromatic hydroxyl groups is 1. The number of ether oxygens (including phenoxy) is 1. The van der Waals surface area contributed by atoms with Crippen LogP contribution in [-0.2, 0) is 17.6 Å². The maximum Gasteiger partial charge on any atom is 0.318 e. The Bertz CT molecular complexity index is 1380. The van der Waals surface area contributed by atoms with Gasteiger partial charge in [-0.1, -0.05) is 30.8 Å². The van der Waals surface area contributed by atoms with Gasteiger partial charge >= 0.3 is 6.01 Å². The van der Waals surface area contributed by atoms with Crippen molar-refractivity contribution in [2.24, 2.45) is 0 Å². The molecule has 8 nitrogen and oxygen atoms in total. The van der Waals surface area contributed by atoms with E-state index in [0.717, 1.165) is 80.0 Å². The molecule has 2 N–H and O–H groups in total. The predicted octanol–water partition coefficient (Wildman–Crippen LogP) is 3.92. The van der Waals surface area contributed by atoms with Crippen LogP contribution in [0, 0.1) is 0 Å². The van der Waals surface area contributed by atoms with Crippen molar-refractivity contribution in [3.8, 4) is 11.8 Å². The number of phenols is 1. The zero-order chi connectivity index (χ0) is 26.2. The number of fused-ring (bicyclic) bond motifs is 2. The van der Waals surface area contributed by atoms with E-state index in [9.17, 15) is 9.90 Å². The van der Waals surface area contributed by atoms with Gasteiger partial charge in [-0.25, -0.2) is 0 Å². The first-order chi connectivity index (χ1) is 18.4. The van der Waals surface area contributed by atoms with E-state index in [1.807, 2.05) is 24.3 Å². The van der Waals surface area contributed by atoms with Crippen LogP contribution in [0.1, 0.15) is 48.9 Å². The van der Waals surface area contributed by atoms with E-state index < -0.39 is 0 Å². The summed E-state index contributed by atoms with van der Waals surface area (Å²) in [6.45, 7) is 10.1. The van der Waals surface area contributed by atoms with Crippen molar-refractivity contribution in [2.45, 2.75) is 51.0 Å². The zero-order valence-corrected chi connectivity index (χ0v) is 21.9. The van der Waals surface area contributed by atoms with E-state index in [0.29, 0.717) is 24.8 Å². The molecule has 0 bridgehead atoms. The Balaban J connectivity index is 1.31. The number of benzene rings is 2. The molecule has 2 atom stereocenters. The minimum absolute atomic E-state index is 0.00361. The molecule has 0 radical (unpaired) electrons. The summed E-state index contributed by atoms with van der Waals surface area (Å²) in [4.78, 5) is 26.1. The second-order valence-electron chi connectivity index (χ2n) is 10.8. The molecule has 2 aromatic carbocycles. The maximum atomic E-state index is 11.6. The fraction of sp³-hybridized carbons (Fsp3) is 0.433. The molecule has 0 spiro atoms. The number of hydrogen-bond acceptors (Lipinski definition) is 7. The summed E-state index contributed by atoms with van der Waals surface area (Å²) in [5, 5.41) is 15.6. The number of piperazine rings is 1. The first-order valence-electron chi connectivity index (χ1n) is 13.6. The van der Waals surface area contributed by atoms with Crippen LogP contribution in [0.15, 0.2) is 48.7 Å². The van der Waals surface area contributed by atoms with Gasteiger partial charge in [-0.2, -0.15) is 9.97 Å². The second-order valence-corrected chi connectivity index (χ2v) is 10.8. The molecule has 1 amide bonds. The first-order valence-corrected chi connectivity index (χ1v) is 13.6. The second kappa shape index (κ2) is 10.2. The molecule has 198 valence electrons. The Morgan fingerprint density at radius 2 is 1.95 bits per heavy atom. The van der Waals surface area contributed by atoms with Crippen molar-refractivity contribution < 1.29 is 14.6 Å². The van der Waals surface area contributed by atoms with Gasteiger partial charge in [-0.3, -0.25) is 4.79 Å². The number of carbonyl (C=O) groups is 1. The molecular formula is C30H35N5O3. The van der Waals surface area contributed by atoms with E-state index >= 15 is 0 Å². The molecular weight excluding hydrogens is 478 g/mol. The van der Waals surface area contributed by atoms with Crippen LogP contribution in [0.3, 0.4) is 0 Å². The standard InChI is InChI=1S/C30H35N5O3/c1-19(2)34-11-13-35(14-12-34)29-25-9-7-21(26-17-23(36)15-20-5-3-4-6-24(20)26)16-27(25)32-30(33-29)38-18-22-8-10-28(37)31-22/h3-6,15,17,21-22,36H,1,7-14,16,18H2,2H3,(H,31,37)/t21-,22-/m0/s1. The predicted molar refractivity (Wildman–Crippen MR) is 148 cm³/mol. The number of phenolic OH excluding ortho intramolecular Hbond substituents is 1. The molecule has 2 saturated heterocycles. The summed E-state index contributed by atoms with van der Waals surface area (Å²) in [5.74, 6) is 1.58. The number of rotatable bonds is 6. The van der Waals surface area contributed by atoms with Crippen LogP contribution in [0.4, 0.5) is 5.82 Å². The third kappa shape index (κ3) is 4.87. The lowest BCUT2D eigenvalue weighted by atomic mass is 9.80. The average molecular weight is 514 g/mol. The van der Waals surface area contributed by atoms with Crippen molar-refractivity contribution in [3.63, 3.8) is 0 Å². The minimum atomic E-state index is -0.00361. The summed E-state index contributed by atoms with van der Waals surface area (Å²) in [6, 6.07) is 12.4. The maximum absolute atomic E-state index is 11.6. The van der Waals surface area contributed by atoms with Crippen molar-refractivity contribution in [1.82, 2.24) is 20.2 Å². The highest BCUT2D eigenvalue weighted by atomic mass is 16.5. The Morgan fingerprint density at radius 1 is 1.13 bits per heavy atom. The summed E-state index contributed by atoms with van der Waals surface area (Å²) in [5.41, 5.74) is 4.48. The van der Waals surface area contributed by atoms with Gasteiger partial charge in [0.15, 0.2) is 0 Å². The molecule has 1 aliphatic carbocycles. The third-order valence-corrected chi connectivity index (χ3v) is 8.17. The fourth-order valence-electron chi connectivity index (χ4n) is 6.10. The Hall–Kier alpha value is -3.81. The highest BCUT2D eigenvalue weighted by Gasteiger charge is 2.30. The van der Waals surface area contributed by atoms with Gasteiger partial charge in [0, 0.05) is 43.9 Å². The topological polar surface area (TPSA) is 90.8 Å². The van der Waals surface area contributed by atoms with Gasteiger partial charge in [0.1, 0.15) is 18.2 Å². The van der Waals surface area contributed by atoms with Crippen molar-refractivity contribution in [1.29, 1.82) is 0 Å². The molecule has 2 aliphatic heterocycles. The van der Waals surface area contributed by atoms with E-state index in [1.54, 1.807) is 0 Å². The summed E-state index contributed by atoms with van der Waals surface area (Å²) in [6.07, 6.45) is 3.92. The number of anilines is 1. The zero-order valence-electron chi connectivity index (χ0n) is 21.9. The smallest absolute Gasteiger partial charge is 0.318 e. The van der Waals surface area contributed by atoms with Gasteiger partial charge in [-0.15, -0.1) is 0 Å². The average Bonchev–Trinajstić information content (AvgIpc) is 3.35. The molecule has 2 fully saturated rings. The summed E-state index contributed by atoms with van der Waals surface area (Å²) in [7, 11) is 0. The van der Waals surface area contributed by atoms with Crippen molar-refractivity contribution in [3.05, 3.63) is 65.5 Å². The first kappa shape index (κ1) is 24.5. The molecule has 8 heteroatoms. The largest absolute Gasteiger partial charge is 0.508 e. The van der Waals surface area contributed by atoms with E-state index in [2.05, 4.69) is 40.8 Å². The molecule has 3 heterocycles. The van der Waals surface area contributed by atoms with Gasteiger partial charge < -0.3 is 25.0 Å². The lowest BCUT2D eigenvalue weighted by Gasteiger charge is -2.38. The van der Waals surface area contributed by atoms with Crippen LogP contribution in [0.25, 0.3) is 10.8 Å². The quantitative estimate of drug-likeness (QED) is 0.516. The normalized spacial score (nSPS) is 21.3. The van der Waals surface area contributed by atoms with Crippen LogP contribution in [-0.4, -0.2) is 64.7 Å². The molecule has 3 aromatic rings. The Kier molecular flexibility index (Phi) is 6.55. The van der Waals surface area contributed by atoms with Gasteiger partial charge in [0.2, 0.25) is 5.91 Å². The van der Waals surface area contributed by atoms with Crippen LogP contribution >= 0.6 is 0 Å². The van der Waals surface area contributed by atoms with Crippen LogP contribution < -0.4 is 15.0 Å². The highest BCUT2D eigenvalue weighted by molar-refractivity contribution is 5.87. The minimum Gasteiger partial charge on any atom is -0.508 e. The molecule has 1 aromatic heterocycles. The summed E-state index contributed by atoms with van der Waals surface area (Å²) >= 11 is 0. The summed E-state index contributed by atoms with van der Waals surface area (Å²) < 4.78 is 6.10. The van der Waals surface area contributed by atoms with Crippen molar-refractivity contribution in [2.75, 3.05) is 37.7 Å². The van der Waals surface area contributed by atoms with E-state index in [-0.39, 0.29) is 17.9 Å². The molecule has 0 unspecified atom stereocenters. The fourth-order valence-corrected chi connectivity index (χ4v) is 6.10. The highest BCUT2D eigenvalue weighted by Crippen LogP contribution is 2.40. The molecule has 3 aliphatic rings. The number of amides is 1. The molecule has 6 rings (SSSR count). The Morgan fingerprint density at radius 3 is 2.71 bits per heavy atom. The number of hydrogen-bond donors (Lipinski definition) is 2. The molecule has 38 heavy (non-hydrogen) atoms. The Labute approximate surface area is 223 Å². The van der Waals surface area contributed by atoms with Gasteiger partial charge in [-0.05, 0) is 67.0 Å². The van der Waals surface area contributed by atoms with E-state index in [4.69, 9.17) is 14.7 Å². The van der Waals surface area contributed by atoms with E-state index in [1.165, 1.54) is 10.9 Å². The number of nitrogens with one attached hydrogen (secondary N) is 1. The monoisotopic (exact) mass is 513 g/mol. The van der Waals surface area contributed by atoms with Crippen LogP contribution in [0.5, 0.6) is 11.8 Å². The number of nitrogens with zero attached hydrogens (tertiary/aromatic N) is 4. The third-order valence-electron chi connectivity index (χ3n) is 8.17. The van der Waals surface area contributed by atoms with Crippen molar-refractivity contribution >= 4 is 22.5 Å². The number of aromatic nitrogens is 2. The number of carbonyl (C=O) groups excluding carboxylic acids is 1. The SMILES string of the molecule is C=C(C)N1CCN(c2nc(OC[C@@H]3CCC(=O)N3)nc3c2CC[C@H](c2cc(O)cc4ccccc24)C3)CC1. The lowest BCUT2D eigenvalue weighted by molar-refractivity contribution is -0.119. The molecule has 0 saturated carbocycles. The number of allylic oxidation sites excluding steroid dienone is 1. The van der Waals surface area contributed by atoms with Gasteiger partial charge in [0.25, 0.3) is 0 Å². The van der Waals surface area contributed by atoms with Crippen LogP contribution in [0.2, 0.25) is 0 Å².